The molecule has 72 valence electrons. The number of hydrogen-bond donors (Lipinski definition) is 1. The van der Waals surface area contributed by atoms with Gasteiger partial charge in [0.1, 0.15) is 0 Å². The monoisotopic (exact) mass is 198 g/mol. The summed E-state index contributed by atoms with van der Waals surface area (Å²) in [5.74, 6) is 0. The average molecular weight is 198 g/mol. The molecule has 1 aliphatic rings. The Balaban J connectivity index is 2.11. The number of nitrogens with zero attached hydrogens (tertiary/aromatic N) is 1. The Morgan fingerprint density at radius 2 is 2.31 bits per heavy atom. The van der Waals surface area contributed by atoms with E-state index in [1.807, 2.05) is 6.92 Å². The van der Waals surface area contributed by atoms with Crippen molar-refractivity contribution >= 4 is 12.2 Å². The summed E-state index contributed by atoms with van der Waals surface area (Å²) >= 11 is 5.19. The summed E-state index contributed by atoms with van der Waals surface area (Å²) < 4.78 is 8.20. The highest BCUT2D eigenvalue weighted by molar-refractivity contribution is 7.71. The number of imidazole rings is 1. The first-order chi connectivity index (χ1) is 6.20. The van der Waals surface area contributed by atoms with Gasteiger partial charge in [0.25, 0.3) is 0 Å². The van der Waals surface area contributed by atoms with Gasteiger partial charge in [-0.2, -0.15) is 0 Å². The number of methoxy groups -OCH3 is 1. The number of hydrogen-bond acceptors (Lipinski definition) is 2. The van der Waals surface area contributed by atoms with Crippen molar-refractivity contribution in [1.82, 2.24) is 9.55 Å². The molecule has 1 aromatic heterocycles. The van der Waals surface area contributed by atoms with Crippen LogP contribution in [0.5, 0.6) is 0 Å². The summed E-state index contributed by atoms with van der Waals surface area (Å²) in [6.45, 7) is 2.03. The number of aromatic amines is 1. The predicted octanol–water partition coefficient (Wildman–Crippen LogP) is 2.20. The molecule has 1 aliphatic carbocycles. The average Bonchev–Trinajstić information content (AvgIpc) is 2.29. The van der Waals surface area contributed by atoms with Crippen molar-refractivity contribution in [2.75, 3.05) is 7.11 Å². The van der Waals surface area contributed by atoms with Crippen LogP contribution in [0.25, 0.3) is 0 Å². The van der Waals surface area contributed by atoms with Crippen molar-refractivity contribution in [2.45, 2.75) is 31.9 Å². The Bertz CT molecular complexity index is 349. The maximum absolute atomic E-state index is 5.23. The molecule has 0 unspecified atom stereocenters. The van der Waals surface area contributed by atoms with Crippen molar-refractivity contribution in [3.63, 3.8) is 0 Å². The van der Waals surface area contributed by atoms with Gasteiger partial charge in [-0.25, -0.2) is 0 Å². The Morgan fingerprint density at radius 1 is 1.62 bits per heavy atom. The predicted molar refractivity (Wildman–Crippen MR) is 53.4 cm³/mol. The van der Waals surface area contributed by atoms with E-state index in [0.717, 1.165) is 23.3 Å². The second-order valence-electron chi connectivity index (χ2n) is 3.63. The first kappa shape index (κ1) is 8.97. The Morgan fingerprint density at radius 3 is 2.77 bits per heavy atom. The van der Waals surface area contributed by atoms with Crippen LogP contribution in [0.3, 0.4) is 0 Å². The number of nitrogens with one attached hydrogen (secondary N) is 1. The topological polar surface area (TPSA) is 29.9 Å². The van der Waals surface area contributed by atoms with Gasteiger partial charge in [-0.15, -0.1) is 0 Å². The van der Waals surface area contributed by atoms with Crippen molar-refractivity contribution in [3.8, 4) is 0 Å². The molecule has 0 aromatic carbocycles. The lowest BCUT2D eigenvalue weighted by Crippen LogP contribution is -2.32. The largest absolute Gasteiger partial charge is 0.381 e. The summed E-state index contributed by atoms with van der Waals surface area (Å²) in [4.78, 5) is 3.13. The fourth-order valence-electron chi connectivity index (χ4n) is 1.76. The first-order valence-electron chi connectivity index (χ1n) is 4.51. The third-order valence-corrected chi connectivity index (χ3v) is 2.98. The summed E-state index contributed by atoms with van der Waals surface area (Å²) in [7, 11) is 1.77. The zero-order valence-electron chi connectivity index (χ0n) is 7.91. The number of ether oxygens (including phenoxy) is 1. The zero-order valence-corrected chi connectivity index (χ0v) is 8.73. The Hall–Kier alpha value is -0.610. The maximum atomic E-state index is 5.23. The molecule has 1 fully saturated rings. The smallest absolute Gasteiger partial charge is 0.177 e. The van der Waals surface area contributed by atoms with E-state index in [9.17, 15) is 0 Å². The van der Waals surface area contributed by atoms with Gasteiger partial charge in [-0.05, 0) is 32.0 Å². The lowest BCUT2D eigenvalue weighted by Gasteiger charge is -2.34. The number of H-pyrrole nitrogens is 1. The molecule has 0 aliphatic heterocycles. The molecule has 1 saturated carbocycles. The second kappa shape index (κ2) is 3.27. The molecule has 1 heterocycles. The van der Waals surface area contributed by atoms with E-state index in [2.05, 4.69) is 15.7 Å². The highest BCUT2D eigenvalue weighted by atomic mass is 32.1. The maximum Gasteiger partial charge on any atom is 0.177 e. The van der Waals surface area contributed by atoms with Crippen molar-refractivity contribution < 1.29 is 4.74 Å². The van der Waals surface area contributed by atoms with E-state index in [0.29, 0.717) is 12.1 Å². The fraction of sp³-hybridized carbons (Fsp3) is 0.667. The molecule has 0 radical (unpaired) electrons. The second-order valence-corrected chi connectivity index (χ2v) is 4.02. The highest BCUT2D eigenvalue weighted by Gasteiger charge is 2.30. The van der Waals surface area contributed by atoms with E-state index in [4.69, 9.17) is 17.0 Å². The summed E-state index contributed by atoms with van der Waals surface area (Å²) in [6.07, 6.45) is 4.69. The standard InChI is InChI=1S/C9H14N2OS/c1-6-5-11(9(13)10-6)7-3-8(4-7)12-2/h5,7-8H,3-4H2,1-2H3,(H,10,13). The molecule has 1 N–H and O–H groups in total. The number of rotatable bonds is 2. The Kier molecular flexibility index (Phi) is 2.26. The fourth-order valence-corrected chi connectivity index (χ4v) is 2.12. The highest BCUT2D eigenvalue weighted by Crippen LogP contribution is 2.34. The molecule has 0 atom stereocenters. The van der Waals surface area contributed by atoms with Crippen LogP contribution in [-0.4, -0.2) is 22.8 Å². The minimum Gasteiger partial charge on any atom is -0.381 e. The quantitative estimate of drug-likeness (QED) is 0.738. The van der Waals surface area contributed by atoms with Gasteiger partial charge < -0.3 is 14.3 Å². The van der Waals surface area contributed by atoms with Crippen LogP contribution in [0.4, 0.5) is 0 Å². The molecule has 3 nitrogen and oxygen atoms in total. The molecular formula is C9H14N2OS. The van der Waals surface area contributed by atoms with Crippen LogP contribution in [0, 0.1) is 11.7 Å². The van der Waals surface area contributed by atoms with Crippen molar-refractivity contribution in [1.29, 1.82) is 0 Å². The lowest BCUT2D eigenvalue weighted by molar-refractivity contribution is 0.00577. The Labute approximate surface area is 82.7 Å². The summed E-state index contributed by atoms with van der Waals surface area (Å²) in [6, 6.07) is 0.544. The van der Waals surface area contributed by atoms with E-state index >= 15 is 0 Å². The third-order valence-electron chi connectivity index (χ3n) is 2.67. The van der Waals surface area contributed by atoms with Gasteiger partial charge in [0, 0.05) is 25.0 Å². The van der Waals surface area contributed by atoms with Crippen LogP contribution < -0.4 is 0 Å². The molecule has 0 saturated heterocycles. The van der Waals surface area contributed by atoms with Gasteiger partial charge in [0.2, 0.25) is 0 Å². The van der Waals surface area contributed by atoms with Crippen molar-refractivity contribution in [2.24, 2.45) is 0 Å². The minimum absolute atomic E-state index is 0.433. The van der Waals surface area contributed by atoms with Crippen molar-refractivity contribution in [3.05, 3.63) is 16.7 Å². The minimum atomic E-state index is 0.433. The first-order valence-corrected chi connectivity index (χ1v) is 4.92. The van der Waals surface area contributed by atoms with E-state index in [1.54, 1.807) is 7.11 Å². The zero-order chi connectivity index (χ0) is 9.42. The number of aromatic nitrogens is 2. The molecule has 0 spiro atoms. The van der Waals surface area contributed by atoms with Gasteiger partial charge in [-0.1, -0.05) is 0 Å². The molecule has 0 amide bonds. The molecule has 2 rings (SSSR count). The molecule has 4 heteroatoms. The summed E-state index contributed by atoms with van der Waals surface area (Å²) in [5.41, 5.74) is 1.13. The molecule has 1 aromatic rings. The van der Waals surface area contributed by atoms with E-state index < -0.39 is 0 Å². The molecule has 0 bridgehead atoms. The lowest BCUT2D eigenvalue weighted by atomic mass is 9.89. The molecular weight excluding hydrogens is 184 g/mol. The van der Waals surface area contributed by atoms with E-state index in [1.165, 1.54) is 0 Å². The van der Waals surface area contributed by atoms with Crippen LogP contribution in [0.15, 0.2) is 6.20 Å². The van der Waals surface area contributed by atoms with Gasteiger partial charge >= 0.3 is 0 Å². The van der Waals surface area contributed by atoms with Crippen LogP contribution in [0.1, 0.15) is 24.6 Å². The normalized spacial score (nSPS) is 27.2. The van der Waals surface area contributed by atoms with Crippen LogP contribution >= 0.6 is 12.2 Å². The summed E-state index contributed by atoms with van der Waals surface area (Å²) in [5, 5.41) is 0. The van der Waals surface area contributed by atoms with Gasteiger partial charge in [0.05, 0.1) is 6.10 Å². The van der Waals surface area contributed by atoms with E-state index in [-0.39, 0.29) is 0 Å². The third kappa shape index (κ3) is 1.56. The van der Waals surface area contributed by atoms with Gasteiger partial charge in [0.15, 0.2) is 4.77 Å². The number of aryl methyl sites for hydroxylation is 1. The molecule has 13 heavy (non-hydrogen) atoms. The van der Waals surface area contributed by atoms with Crippen LogP contribution in [0.2, 0.25) is 0 Å². The van der Waals surface area contributed by atoms with Crippen LogP contribution in [-0.2, 0) is 4.74 Å². The SMILES string of the molecule is COC1CC(n2cc(C)[nH]c2=S)C1. The van der Waals surface area contributed by atoms with Gasteiger partial charge in [-0.3, -0.25) is 0 Å².